The number of imidazole rings is 1. The lowest BCUT2D eigenvalue weighted by Crippen LogP contribution is -2.53. The van der Waals surface area contributed by atoms with E-state index in [9.17, 15) is 9.59 Å². The van der Waals surface area contributed by atoms with E-state index in [0.29, 0.717) is 39.2 Å². The van der Waals surface area contributed by atoms with Crippen LogP contribution in [0.2, 0.25) is 0 Å². The van der Waals surface area contributed by atoms with E-state index in [1.54, 1.807) is 6.33 Å². The van der Waals surface area contributed by atoms with E-state index in [2.05, 4.69) is 4.98 Å². The Hall–Kier alpha value is -2.41. The van der Waals surface area contributed by atoms with Crippen LogP contribution in [0, 0.1) is 0 Å². The van der Waals surface area contributed by atoms with E-state index in [1.165, 1.54) is 0 Å². The minimum Gasteiger partial charge on any atom is -0.368 e. The number of amides is 2. The zero-order chi connectivity index (χ0) is 18.1. The van der Waals surface area contributed by atoms with Gasteiger partial charge in [-0.1, -0.05) is 6.07 Å². The SMILES string of the molecule is Cn1cnc2cc(CC(=O)N3CCN(C(=O)C4CCCO4)CC3)ccc21. The van der Waals surface area contributed by atoms with Crippen LogP contribution in [0.4, 0.5) is 0 Å². The van der Waals surface area contributed by atoms with Gasteiger partial charge in [0.25, 0.3) is 5.91 Å². The van der Waals surface area contributed by atoms with Gasteiger partial charge in [0.15, 0.2) is 0 Å². The van der Waals surface area contributed by atoms with Crippen molar-refractivity contribution >= 4 is 22.8 Å². The van der Waals surface area contributed by atoms with E-state index in [4.69, 9.17) is 4.74 Å². The second-order valence-electron chi connectivity index (χ2n) is 7.06. The van der Waals surface area contributed by atoms with Crippen LogP contribution >= 0.6 is 0 Å². The summed E-state index contributed by atoms with van der Waals surface area (Å²) in [5.74, 6) is 0.180. The lowest BCUT2D eigenvalue weighted by atomic mass is 10.1. The van der Waals surface area contributed by atoms with Crippen LogP contribution in [0.5, 0.6) is 0 Å². The molecule has 0 saturated carbocycles. The summed E-state index contributed by atoms with van der Waals surface area (Å²) >= 11 is 0. The van der Waals surface area contributed by atoms with Crippen molar-refractivity contribution in [2.45, 2.75) is 25.4 Å². The van der Waals surface area contributed by atoms with Gasteiger partial charge in [0, 0.05) is 39.8 Å². The maximum absolute atomic E-state index is 12.6. The van der Waals surface area contributed by atoms with Crippen molar-refractivity contribution in [3.8, 4) is 0 Å². The molecule has 1 unspecified atom stereocenters. The van der Waals surface area contributed by atoms with Crippen LogP contribution in [0.25, 0.3) is 11.0 Å². The smallest absolute Gasteiger partial charge is 0.251 e. The third-order valence-corrected chi connectivity index (χ3v) is 5.29. The molecule has 0 radical (unpaired) electrons. The van der Waals surface area contributed by atoms with E-state index in [1.807, 2.05) is 39.6 Å². The molecular formula is C19H24N4O3. The second kappa shape index (κ2) is 7.07. The first kappa shape index (κ1) is 17.0. The van der Waals surface area contributed by atoms with Gasteiger partial charge < -0.3 is 19.1 Å². The number of aromatic nitrogens is 2. The molecule has 2 fully saturated rings. The summed E-state index contributed by atoms with van der Waals surface area (Å²) in [6.07, 6.45) is 3.64. The summed E-state index contributed by atoms with van der Waals surface area (Å²) < 4.78 is 7.44. The van der Waals surface area contributed by atoms with Crippen LogP contribution in [0.15, 0.2) is 24.5 Å². The van der Waals surface area contributed by atoms with Crippen molar-refractivity contribution < 1.29 is 14.3 Å². The Labute approximate surface area is 152 Å². The number of carbonyl (C=O) groups excluding carboxylic acids is 2. The summed E-state index contributed by atoms with van der Waals surface area (Å²) in [5, 5.41) is 0. The third kappa shape index (κ3) is 3.31. The van der Waals surface area contributed by atoms with Crippen LogP contribution < -0.4 is 0 Å². The first-order valence-electron chi connectivity index (χ1n) is 9.20. The summed E-state index contributed by atoms with van der Waals surface area (Å²) in [6, 6.07) is 5.96. The van der Waals surface area contributed by atoms with Gasteiger partial charge in [-0.2, -0.15) is 0 Å². The van der Waals surface area contributed by atoms with Gasteiger partial charge >= 0.3 is 0 Å². The van der Waals surface area contributed by atoms with Crippen molar-refractivity contribution in [2.75, 3.05) is 32.8 Å². The van der Waals surface area contributed by atoms with Crippen molar-refractivity contribution in [2.24, 2.45) is 7.05 Å². The molecule has 0 aliphatic carbocycles. The fourth-order valence-electron chi connectivity index (χ4n) is 3.73. The molecule has 26 heavy (non-hydrogen) atoms. The van der Waals surface area contributed by atoms with Gasteiger partial charge in [-0.05, 0) is 30.5 Å². The number of ether oxygens (including phenoxy) is 1. The number of fused-ring (bicyclic) bond motifs is 1. The lowest BCUT2D eigenvalue weighted by molar-refractivity contribution is -0.145. The van der Waals surface area contributed by atoms with E-state index >= 15 is 0 Å². The maximum Gasteiger partial charge on any atom is 0.251 e. The minimum atomic E-state index is -0.276. The zero-order valence-electron chi connectivity index (χ0n) is 15.1. The highest BCUT2D eigenvalue weighted by atomic mass is 16.5. The first-order valence-corrected chi connectivity index (χ1v) is 9.20. The van der Waals surface area contributed by atoms with Gasteiger partial charge in [0.2, 0.25) is 5.91 Å². The first-order chi connectivity index (χ1) is 12.6. The zero-order valence-corrected chi connectivity index (χ0v) is 15.1. The Bertz CT molecular complexity index is 817. The molecule has 2 aliphatic rings. The molecule has 1 aromatic carbocycles. The fourth-order valence-corrected chi connectivity index (χ4v) is 3.73. The predicted molar refractivity (Wildman–Crippen MR) is 96.6 cm³/mol. The highest BCUT2D eigenvalue weighted by molar-refractivity contribution is 5.83. The van der Waals surface area contributed by atoms with Gasteiger partial charge in [-0.25, -0.2) is 4.98 Å². The molecule has 4 rings (SSSR count). The predicted octanol–water partition coefficient (Wildman–Crippen LogP) is 0.966. The van der Waals surface area contributed by atoms with Crippen LogP contribution in [0.1, 0.15) is 18.4 Å². The Morgan fingerprint density at radius 2 is 1.96 bits per heavy atom. The second-order valence-corrected chi connectivity index (χ2v) is 7.06. The lowest BCUT2D eigenvalue weighted by Gasteiger charge is -2.35. The number of hydrogen-bond donors (Lipinski definition) is 0. The number of nitrogens with zero attached hydrogens (tertiary/aromatic N) is 4. The molecular weight excluding hydrogens is 332 g/mol. The molecule has 7 heteroatoms. The van der Waals surface area contributed by atoms with Gasteiger partial charge in [-0.15, -0.1) is 0 Å². The summed E-state index contributed by atoms with van der Waals surface area (Å²) in [4.78, 5) is 33.0. The summed E-state index contributed by atoms with van der Waals surface area (Å²) in [5.41, 5.74) is 2.94. The van der Waals surface area contributed by atoms with Gasteiger partial charge in [-0.3, -0.25) is 9.59 Å². The Balaban J connectivity index is 1.33. The summed E-state index contributed by atoms with van der Waals surface area (Å²) in [6.45, 7) is 3.02. The fraction of sp³-hybridized carbons (Fsp3) is 0.526. The average Bonchev–Trinajstić information content (AvgIpc) is 3.32. The molecule has 2 aliphatic heterocycles. The van der Waals surface area contributed by atoms with Gasteiger partial charge in [0.1, 0.15) is 6.10 Å². The quantitative estimate of drug-likeness (QED) is 0.822. The molecule has 2 amide bonds. The summed E-state index contributed by atoms with van der Waals surface area (Å²) in [7, 11) is 1.96. The number of carbonyl (C=O) groups is 2. The van der Waals surface area contributed by atoms with E-state index in [-0.39, 0.29) is 17.9 Å². The highest BCUT2D eigenvalue weighted by Crippen LogP contribution is 2.17. The molecule has 2 saturated heterocycles. The Kier molecular flexibility index (Phi) is 4.63. The molecule has 7 nitrogen and oxygen atoms in total. The van der Waals surface area contributed by atoms with Crippen LogP contribution in [-0.4, -0.2) is 70.1 Å². The average molecular weight is 356 g/mol. The number of hydrogen-bond acceptors (Lipinski definition) is 4. The number of aryl methyl sites for hydroxylation is 1. The molecule has 138 valence electrons. The normalized spacial score (nSPS) is 20.7. The van der Waals surface area contributed by atoms with Crippen LogP contribution in [-0.2, 0) is 27.8 Å². The molecule has 2 aromatic rings. The monoisotopic (exact) mass is 356 g/mol. The molecule has 1 atom stereocenters. The Morgan fingerprint density at radius 1 is 1.19 bits per heavy atom. The van der Waals surface area contributed by atoms with Crippen LogP contribution in [0.3, 0.4) is 0 Å². The number of rotatable bonds is 3. The third-order valence-electron chi connectivity index (χ3n) is 5.29. The molecule has 3 heterocycles. The molecule has 0 spiro atoms. The van der Waals surface area contributed by atoms with Crippen molar-refractivity contribution in [3.05, 3.63) is 30.1 Å². The molecule has 0 bridgehead atoms. The number of benzene rings is 1. The Morgan fingerprint density at radius 3 is 2.69 bits per heavy atom. The largest absolute Gasteiger partial charge is 0.368 e. The van der Waals surface area contributed by atoms with Crippen molar-refractivity contribution in [1.29, 1.82) is 0 Å². The molecule has 0 N–H and O–H groups in total. The van der Waals surface area contributed by atoms with E-state index < -0.39 is 0 Å². The van der Waals surface area contributed by atoms with E-state index in [0.717, 1.165) is 29.4 Å². The maximum atomic E-state index is 12.6. The molecule has 1 aromatic heterocycles. The highest BCUT2D eigenvalue weighted by Gasteiger charge is 2.31. The number of piperazine rings is 1. The van der Waals surface area contributed by atoms with Crippen molar-refractivity contribution in [1.82, 2.24) is 19.4 Å². The standard InChI is InChI=1S/C19H24N4O3/c1-21-13-20-15-11-14(4-5-16(15)21)12-18(24)22-6-8-23(9-7-22)19(25)17-3-2-10-26-17/h4-5,11,13,17H,2-3,6-10,12H2,1H3. The minimum absolute atomic E-state index is 0.0789. The van der Waals surface area contributed by atoms with Gasteiger partial charge in [0.05, 0.1) is 23.8 Å². The topological polar surface area (TPSA) is 67.7 Å². The van der Waals surface area contributed by atoms with Crippen molar-refractivity contribution in [3.63, 3.8) is 0 Å².